The fraction of sp³-hybridized carbons (Fsp3) is 0.600. The van der Waals surface area contributed by atoms with Gasteiger partial charge in [-0.25, -0.2) is 4.79 Å². The van der Waals surface area contributed by atoms with E-state index in [4.69, 9.17) is 10.2 Å². The summed E-state index contributed by atoms with van der Waals surface area (Å²) in [6.45, 7) is 0.520. The third-order valence-electron chi connectivity index (χ3n) is 0.800. The van der Waals surface area contributed by atoms with Crippen LogP contribution in [-0.2, 0) is 4.79 Å². The maximum absolute atomic E-state index is 10.1. The SMILES string of the molecule is O=C(O)/C(Br)=N\NCCCO. The Morgan fingerprint density at radius 2 is 2.27 bits per heavy atom. The van der Waals surface area contributed by atoms with Gasteiger partial charge in [-0.15, -0.1) is 0 Å². The smallest absolute Gasteiger partial charge is 0.363 e. The van der Waals surface area contributed by atoms with Crippen LogP contribution in [-0.4, -0.2) is 34.0 Å². The highest BCUT2D eigenvalue weighted by atomic mass is 79.9. The molecule has 0 rings (SSSR count). The van der Waals surface area contributed by atoms with Crippen molar-refractivity contribution in [3.05, 3.63) is 0 Å². The van der Waals surface area contributed by atoms with E-state index in [0.29, 0.717) is 13.0 Å². The van der Waals surface area contributed by atoms with Gasteiger partial charge in [0.2, 0.25) is 4.62 Å². The average molecular weight is 225 g/mol. The van der Waals surface area contributed by atoms with Crippen LogP contribution in [0, 0.1) is 0 Å². The summed E-state index contributed by atoms with van der Waals surface area (Å²) in [4.78, 5) is 10.1. The third-order valence-corrected chi connectivity index (χ3v) is 1.32. The standard InChI is InChI=1S/C5H9BrN2O3/c6-4(5(10)11)8-7-2-1-3-9/h7,9H,1-3H2,(H,10,11)/b8-4+. The van der Waals surface area contributed by atoms with Gasteiger partial charge in [0, 0.05) is 13.2 Å². The van der Waals surface area contributed by atoms with Crippen LogP contribution in [0.2, 0.25) is 0 Å². The van der Waals surface area contributed by atoms with Crippen LogP contribution < -0.4 is 5.43 Å². The van der Waals surface area contributed by atoms with Crippen LogP contribution >= 0.6 is 15.9 Å². The highest BCUT2D eigenvalue weighted by Gasteiger charge is 2.01. The second-order valence-electron chi connectivity index (χ2n) is 1.69. The quantitative estimate of drug-likeness (QED) is 0.342. The number of nitrogens with one attached hydrogen (secondary N) is 1. The van der Waals surface area contributed by atoms with E-state index >= 15 is 0 Å². The molecule has 0 aliphatic carbocycles. The topological polar surface area (TPSA) is 81.9 Å². The molecule has 0 aromatic carbocycles. The Kier molecular flexibility index (Phi) is 5.77. The number of hydrazone groups is 1. The molecule has 0 radical (unpaired) electrons. The molecule has 3 N–H and O–H groups in total. The number of hydrogen-bond acceptors (Lipinski definition) is 4. The van der Waals surface area contributed by atoms with E-state index in [2.05, 4.69) is 26.5 Å². The molecule has 0 aliphatic rings. The van der Waals surface area contributed by atoms with Crippen molar-refractivity contribution in [1.29, 1.82) is 0 Å². The maximum Gasteiger partial charge on any atom is 0.363 e. The predicted octanol–water partition coefficient (Wildman–Crippen LogP) is -0.249. The summed E-state index contributed by atoms with van der Waals surface area (Å²) in [6.07, 6.45) is 0.545. The van der Waals surface area contributed by atoms with Gasteiger partial charge in [-0.1, -0.05) is 0 Å². The van der Waals surface area contributed by atoms with Gasteiger partial charge in [0.1, 0.15) is 0 Å². The zero-order chi connectivity index (χ0) is 8.69. The molecule has 0 saturated heterocycles. The highest BCUT2D eigenvalue weighted by Crippen LogP contribution is 1.87. The molecule has 0 aromatic rings. The van der Waals surface area contributed by atoms with Gasteiger partial charge in [-0.05, 0) is 22.4 Å². The summed E-state index contributed by atoms with van der Waals surface area (Å²) < 4.78 is -0.171. The van der Waals surface area contributed by atoms with E-state index in [1.807, 2.05) is 0 Å². The van der Waals surface area contributed by atoms with Crippen molar-refractivity contribution in [2.24, 2.45) is 5.10 Å². The molecule has 0 unspecified atom stereocenters. The van der Waals surface area contributed by atoms with E-state index in [0.717, 1.165) is 0 Å². The molecule has 64 valence electrons. The molecule has 5 nitrogen and oxygen atoms in total. The lowest BCUT2D eigenvalue weighted by molar-refractivity contribution is -0.129. The number of nitrogens with zero attached hydrogens (tertiary/aromatic N) is 1. The van der Waals surface area contributed by atoms with Crippen molar-refractivity contribution in [2.75, 3.05) is 13.2 Å². The van der Waals surface area contributed by atoms with Crippen LogP contribution in [0.4, 0.5) is 0 Å². The zero-order valence-electron chi connectivity index (χ0n) is 5.75. The van der Waals surface area contributed by atoms with Gasteiger partial charge in [0.15, 0.2) is 0 Å². The summed E-state index contributed by atoms with van der Waals surface area (Å²) in [5, 5.41) is 20.0. The van der Waals surface area contributed by atoms with Gasteiger partial charge in [-0.3, -0.25) is 0 Å². The monoisotopic (exact) mass is 224 g/mol. The Morgan fingerprint density at radius 3 is 2.73 bits per heavy atom. The molecular weight excluding hydrogens is 216 g/mol. The Balaban J connectivity index is 3.48. The first-order chi connectivity index (χ1) is 5.18. The summed E-state index contributed by atoms with van der Waals surface area (Å²) in [7, 11) is 0. The molecule has 0 aliphatic heterocycles. The van der Waals surface area contributed by atoms with Crippen molar-refractivity contribution < 1.29 is 15.0 Å². The largest absolute Gasteiger partial charge is 0.476 e. The van der Waals surface area contributed by atoms with Gasteiger partial charge in [0.25, 0.3) is 0 Å². The first kappa shape index (κ1) is 10.4. The number of hydrogen-bond donors (Lipinski definition) is 3. The van der Waals surface area contributed by atoms with Gasteiger partial charge < -0.3 is 15.6 Å². The number of carboxylic acids is 1. The van der Waals surface area contributed by atoms with Crippen LogP contribution in [0.1, 0.15) is 6.42 Å². The number of carboxylic acid groups (broad SMARTS) is 1. The first-order valence-electron chi connectivity index (χ1n) is 2.98. The number of aliphatic hydroxyl groups is 1. The molecular formula is C5H9BrN2O3. The maximum atomic E-state index is 10.1. The second kappa shape index (κ2) is 6.11. The van der Waals surface area contributed by atoms with E-state index in [9.17, 15) is 4.79 Å². The van der Waals surface area contributed by atoms with Gasteiger partial charge in [0.05, 0.1) is 0 Å². The number of aliphatic carboxylic acids is 1. The lowest BCUT2D eigenvalue weighted by Crippen LogP contribution is -2.14. The van der Waals surface area contributed by atoms with Crippen molar-refractivity contribution in [3.63, 3.8) is 0 Å². The van der Waals surface area contributed by atoms with Crippen molar-refractivity contribution in [3.8, 4) is 0 Å². The fourth-order valence-electron chi connectivity index (χ4n) is 0.331. The number of carbonyl (C=O) groups is 1. The lowest BCUT2D eigenvalue weighted by atomic mass is 10.5. The van der Waals surface area contributed by atoms with E-state index < -0.39 is 5.97 Å². The molecule has 0 aromatic heterocycles. The minimum absolute atomic E-state index is 0.0627. The van der Waals surface area contributed by atoms with Crippen molar-refractivity contribution >= 4 is 26.5 Å². The minimum Gasteiger partial charge on any atom is -0.476 e. The van der Waals surface area contributed by atoms with E-state index in [-0.39, 0.29) is 11.2 Å². The molecule has 0 heterocycles. The summed E-state index contributed by atoms with van der Waals surface area (Å²) in [5.41, 5.74) is 2.47. The van der Waals surface area contributed by atoms with Crippen LogP contribution in [0.3, 0.4) is 0 Å². The Labute approximate surface area is 72.2 Å². The average Bonchev–Trinajstić information content (AvgIpc) is 1.97. The highest BCUT2D eigenvalue weighted by molar-refractivity contribution is 9.19. The predicted molar refractivity (Wildman–Crippen MR) is 43.7 cm³/mol. The second-order valence-corrected chi connectivity index (χ2v) is 2.44. The van der Waals surface area contributed by atoms with Crippen LogP contribution in [0.5, 0.6) is 0 Å². The Hall–Kier alpha value is -0.620. The number of halogens is 1. The molecule has 0 spiro atoms. The third kappa shape index (κ3) is 5.81. The molecule has 6 heteroatoms. The summed E-state index contributed by atoms with van der Waals surface area (Å²) >= 11 is 2.72. The Morgan fingerprint density at radius 1 is 1.64 bits per heavy atom. The van der Waals surface area contributed by atoms with Gasteiger partial charge >= 0.3 is 5.97 Å². The van der Waals surface area contributed by atoms with Gasteiger partial charge in [-0.2, -0.15) is 5.10 Å². The first-order valence-corrected chi connectivity index (χ1v) is 3.78. The molecule has 0 fully saturated rings. The number of rotatable bonds is 5. The molecule has 0 amide bonds. The Bertz CT molecular complexity index is 160. The van der Waals surface area contributed by atoms with Crippen LogP contribution in [0.15, 0.2) is 5.10 Å². The summed E-state index contributed by atoms with van der Waals surface area (Å²) in [6, 6.07) is 0. The number of aliphatic hydroxyl groups excluding tert-OH is 1. The normalized spacial score (nSPS) is 11.3. The molecule has 0 atom stereocenters. The summed E-state index contributed by atoms with van der Waals surface area (Å²) in [5.74, 6) is -1.12. The van der Waals surface area contributed by atoms with Crippen molar-refractivity contribution in [2.45, 2.75) is 6.42 Å². The fourth-order valence-corrected chi connectivity index (χ4v) is 0.457. The van der Waals surface area contributed by atoms with E-state index in [1.165, 1.54) is 0 Å². The van der Waals surface area contributed by atoms with Crippen LogP contribution in [0.25, 0.3) is 0 Å². The molecule has 0 saturated carbocycles. The zero-order valence-corrected chi connectivity index (χ0v) is 7.34. The molecule has 11 heavy (non-hydrogen) atoms. The lowest BCUT2D eigenvalue weighted by Gasteiger charge is -1.96. The van der Waals surface area contributed by atoms with E-state index in [1.54, 1.807) is 0 Å². The molecule has 0 bridgehead atoms. The van der Waals surface area contributed by atoms with Crippen molar-refractivity contribution in [1.82, 2.24) is 5.43 Å². The minimum atomic E-state index is -1.12.